The fourth-order valence-corrected chi connectivity index (χ4v) is 3.37. The van der Waals surface area contributed by atoms with Gasteiger partial charge in [-0.25, -0.2) is 22.0 Å². The maximum atomic E-state index is 13.6. The average Bonchev–Trinajstić information content (AvgIpc) is 2.84. The first-order chi connectivity index (χ1) is 11.3. The number of nitrogens with one attached hydrogen (secondary N) is 1. The maximum absolute atomic E-state index is 13.6. The van der Waals surface area contributed by atoms with Gasteiger partial charge >= 0.3 is 5.76 Å². The van der Waals surface area contributed by atoms with Crippen LogP contribution in [0.5, 0.6) is 0 Å². The van der Waals surface area contributed by atoms with Crippen molar-refractivity contribution in [3.63, 3.8) is 0 Å². The van der Waals surface area contributed by atoms with Gasteiger partial charge in [0.15, 0.2) is 5.58 Å². The molecule has 1 aromatic heterocycles. The van der Waals surface area contributed by atoms with Crippen molar-refractivity contribution in [3.05, 3.63) is 58.6 Å². The van der Waals surface area contributed by atoms with Crippen molar-refractivity contribution >= 4 is 26.8 Å². The minimum absolute atomic E-state index is 0.101. The molecule has 2 aromatic carbocycles. The third-order valence-electron chi connectivity index (χ3n) is 3.44. The maximum Gasteiger partial charge on any atom is 0.419 e. The lowest BCUT2D eigenvalue weighted by atomic mass is 10.3. The molecule has 0 saturated carbocycles. The number of aromatic nitrogens is 1. The van der Waals surface area contributed by atoms with E-state index in [-0.39, 0.29) is 16.2 Å². The molecule has 24 heavy (non-hydrogen) atoms. The molecule has 0 aliphatic carbocycles. The average molecular weight is 354 g/mol. The molecule has 1 N–H and O–H groups in total. The van der Waals surface area contributed by atoms with Gasteiger partial charge in [0.05, 0.1) is 16.1 Å². The topological polar surface area (TPSA) is 81.3 Å². The molecule has 6 nitrogen and oxygen atoms in total. The normalized spacial score (nSPS) is 11.8. The Kier molecular flexibility index (Phi) is 3.88. The molecule has 1 heterocycles. The highest BCUT2D eigenvalue weighted by atomic mass is 32.2. The second-order valence-corrected chi connectivity index (χ2v) is 6.65. The molecule has 3 aromatic rings. The summed E-state index contributed by atoms with van der Waals surface area (Å²) in [7, 11) is -4.13. The molecular weight excluding hydrogens is 342 g/mol. The zero-order valence-electron chi connectivity index (χ0n) is 12.4. The Balaban J connectivity index is 2.03. The number of hydrogen-bond acceptors (Lipinski definition) is 4. The van der Waals surface area contributed by atoms with Crippen LogP contribution < -0.4 is 10.5 Å². The van der Waals surface area contributed by atoms with Crippen LogP contribution in [0.15, 0.2) is 50.5 Å². The minimum Gasteiger partial charge on any atom is -0.408 e. The van der Waals surface area contributed by atoms with E-state index in [0.29, 0.717) is 18.1 Å². The summed E-state index contributed by atoms with van der Waals surface area (Å²) in [5.74, 6) is -2.46. The monoisotopic (exact) mass is 354 g/mol. The third-order valence-corrected chi connectivity index (χ3v) is 4.80. The fourth-order valence-electron chi connectivity index (χ4n) is 2.29. The summed E-state index contributed by atoms with van der Waals surface area (Å²) in [6.07, 6.45) is 0. The number of rotatable bonds is 4. The van der Waals surface area contributed by atoms with Crippen LogP contribution >= 0.6 is 0 Å². The Hall–Kier alpha value is -2.68. The van der Waals surface area contributed by atoms with Crippen molar-refractivity contribution in [1.82, 2.24) is 4.57 Å². The van der Waals surface area contributed by atoms with Crippen LogP contribution in [0.4, 0.5) is 14.5 Å². The van der Waals surface area contributed by atoms with Crippen LogP contribution in [0.3, 0.4) is 0 Å². The van der Waals surface area contributed by atoms with E-state index in [9.17, 15) is 22.0 Å². The summed E-state index contributed by atoms with van der Waals surface area (Å²) >= 11 is 0. The van der Waals surface area contributed by atoms with E-state index in [1.54, 1.807) is 6.92 Å². The van der Waals surface area contributed by atoms with E-state index in [4.69, 9.17) is 4.42 Å². The van der Waals surface area contributed by atoms with E-state index in [2.05, 4.69) is 0 Å². The first-order valence-corrected chi connectivity index (χ1v) is 8.41. The number of oxazole rings is 1. The Bertz CT molecular complexity index is 1090. The first-order valence-electron chi connectivity index (χ1n) is 6.93. The van der Waals surface area contributed by atoms with Gasteiger partial charge in [-0.1, -0.05) is 0 Å². The van der Waals surface area contributed by atoms with E-state index < -0.39 is 27.4 Å². The van der Waals surface area contributed by atoms with Gasteiger partial charge in [-0.05, 0) is 31.2 Å². The summed E-state index contributed by atoms with van der Waals surface area (Å²) in [6.45, 7) is 2.12. The van der Waals surface area contributed by atoms with Gasteiger partial charge in [0.25, 0.3) is 10.0 Å². The molecule has 3 rings (SSSR count). The summed E-state index contributed by atoms with van der Waals surface area (Å²) in [6, 6.07) is 6.36. The van der Waals surface area contributed by atoms with Crippen LogP contribution in [0.1, 0.15) is 6.92 Å². The Morgan fingerprint density at radius 3 is 2.58 bits per heavy atom. The number of nitrogens with zero attached hydrogens (tertiary/aromatic N) is 1. The Morgan fingerprint density at radius 2 is 1.92 bits per heavy atom. The van der Waals surface area contributed by atoms with Crippen molar-refractivity contribution in [2.75, 3.05) is 4.72 Å². The first kappa shape index (κ1) is 16.2. The zero-order chi connectivity index (χ0) is 17.5. The van der Waals surface area contributed by atoms with Crippen LogP contribution in [0.25, 0.3) is 11.1 Å². The van der Waals surface area contributed by atoms with Gasteiger partial charge in [-0.2, -0.15) is 0 Å². The molecule has 0 saturated heterocycles. The fraction of sp³-hybridized carbons (Fsp3) is 0.133. The van der Waals surface area contributed by atoms with Gasteiger partial charge < -0.3 is 4.42 Å². The predicted octanol–water partition coefficient (Wildman–Crippen LogP) is 2.69. The highest BCUT2D eigenvalue weighted by Crippen LogP contribution is 2.23. The van der Waals surface area contributed by atoms with Gasteiger partial charge in [0, 0.05) is 18.7 Å². The molecule has 126 valence electrons. The number of sulfonamides is 1. The second kappa shape index (κ2) is 5.75. The highest BCUT2D eigenvalue weighted by Gasteiger charge is 2.19. The number of benzene rings is 2. The lowest BCUT2D eigenvalue weighted by Crippen LogP contribution is -2.14. The molecule has 0 amide bonds. The van der Waals surface area contributed by atoms with Crippen molar-refractivity contribution < 1.29 is 21.6 Å². The van der Waals surface area contributed by atoms with Crippen LogP contribution in [-0.2, 0) is 16.6 Å². The quantitative estimate of drug-likeness (QED) is 0.781. The lowest BCUT2D eigenvalue weighted by molar-refractivity contribution is 0.512. The van der Waals surface area contributed by atoms with Gasteiger partial charge in [-0.15, -0.1) is 0 Å². The van der Waals surface area contributed by atoms with E-state index >= 15 is 0 Å². The standard InChI is InChI=1S/C15H12F2N2O4S/c1-2-19-13-6-4-10(8-14(13)23-15(19)20)24(21,22)18-12-5-3-9(16)7-11(12)17/h3-8,18H,2H2,1H3. The van der Waals surface area contributed by atoms with E-state index in [1.165, 1.54) is 22.8 Å². The molecule has 0 aliphatic heterocycles. The van der Waals surface area contributed by atoms with Crippen LogP contribution in [0.2, 0.25) is 0 Å². The van der Waals surface area contributed by atoms with Crippen molar-refractivity contribution in [1.29, 1.82) is 0 Å². The number of halogens is 2. The second-order valence-electron chi connectivity index (χ2n) is 4.97. The zero-order valence-corrected chi connectivity index (χ0v) is 13.2. The van der Waals surface area contributed by atoms with Gasteiger partial charge in [-0.3, -0.25) is 9.29 Å². The number of anilines is 1. The van der Waals surface area contributed by atoms with Crippen LogP contribution in [-0.4, -0.2) is 13.0 Å². The summed E-state index contributed by atoms with van der Waals surface area (Å²) in [4.78, 5) is 11.4. The smallest absolute Gasteiger partial charge is 0.408 e. The molecule has 0 aliphatic rings. The minimum atomic E-state index is -4.13. The molecule has 0 atom stereocenters. The molecule has 0 spiro atoms. The van der Waals surface area contributed by atoms with Gasteiger partial charge in [0.2, 0.25) is 0 Å². The van der Waals surface area contributed by atoms with Gasteiger partial charge in [0.1, 0.15) is 11.6 Å². The molecule has 9 heteroatoms. The molecule has 0 unspecified atom stereocenters. The van der Waals surface area contributed by atoms with Crippen LogP contribution in [0, 0.1) is 11.6 Å². The summed E-state index contributed by atoms with van der Waals surface area (Å²) < 4.78 is 59.6. The number of fused-ring (bicyclic) bond motifs is 1. The lowest BCUT2D eigenvalue weighted by Gasteiger charge is -2.09. The molecule has 0 radical (unpaired) electrons. The summed E-state index contributed by atoms with van der Waals surface area (Å²) in [5.41, 5.74) is 0.169. The third kappa shape index (κ3) is 2.78. The molecule has 0 bridgehead atoms. The number of aryl methyl sites for hydroxylation is 1. The molecule has 0 fully saturated rings. The summed E-state index contributed by atoms with van der Waals surface area (Å²) in [5, 5.41) is 0. The predicted molar refractivity (Wildman–Crippen MR) is 83.3 cm³/mol. The van der Waals surface area contributed by atoms with E-state index in [0.717, 1.165) is 12.1 Å². The molecular formula is C15H12F2N2O4S. The largest absolute Gasteiger partial charge is 0.419 e. The van der Waals surface area contributed by atoms with E-state index in [1.807, 2.05) is 4.72 Å². The van der Waals surface area contributed by atoms with Crippen molar-refractivity contribution in [2.24, 2.45) is 0 Å². The SMILES string of the molecule is CCn1c(=O)oc2cc(S(=O)(=O)Nc3ccc(F)cc3F)ccc21. The highest BCUT2D eigenvalue weighted by molar-refractivity contribution is 7.92. The Labute approximate surface area is 135 Å². The Morgan fingerprint density at radius 1 is 1.17 bits per heavy atom. The van der Waals surface area contributed by atoms with Crippen molar-refractivity contribution in [3.8, 4) is 0 Å². The number of hydrogen-bond donors (Lipinski definition) is 1. The van der Waals surface area contributed by atoms with Crippen molar-refractivity contribution in [2.45, 2.75) is 18.4 Å².